The lowest BCUT2D eigenvalue weighted by Crippen LogP contribution is -1.79. The molecule has 0 saturated carbocycles. The van der Waals surface area contributed by atoms with Gasteiger partial charge in [-0.2, -0.15) is 0 Å². The first kappa shape index (κ1) is 9.01. The van der Waals surface area contributed by atoms with Crippen molar-refractivity contribution in [1.82, 2.24) is 0 Å². The van der Waals surface area contributed by atoms with Gasteiger partial charge in [0.15, 0.2) is 0 Å². The number of benzene rings is 1. The van der Waals surface area contributed by atoms with Gasteiger partial charge >= 0.3 is 0 Å². The van der Waals surface area contributed by atoms with Crippen LogP contribution in [0.25, 0.3) is 0 Å². The van der Waals surface area contributed by atoms with E-state index in [2.05, 4.69) is 24.3 Å². The molecule has 0 aromatic heterocycles. The van der Waals surface area contributed by atoms with Gasteiger partial charge in [0, 0.05) is 10.6 Å². The van der Waals surface area contributed by atoms with Crippen LogP contribution in [-0.4, -0.2) is 11.5 Å². The maximum absolute atomic E-state index is 4.85. The van der Waals surface area contributed by atoms with Crippen molar-refractivity contribution in [2.45, 2.75) is 11.3 Å². The third-order valence-electron chi connectivity index (χ3n) is 1.30. The molecule has 0 aliphatic rings. The Kier molecular flexibility index (Phi) is 4.55. The van der Waals surface area contributed by atoms with Crippen molar-refractivity contribution < 1.29 is 0 Å². The normalized spacial score (nSPS) is 9.91. The zero-order valence-corrected chi connectivity index (χ0v) is 7.96. The molecule has 0 spiro atoms. The second-order valence-corrected chi connectivity index (χ2v) is 3.80. The first-order chi connectivity index (χ1) is 5.43. The molecule has 0 amide bonds. The predicted octanol–water partition coefficient (Wildman–Crippen LogP) is 3.37. The number of hydrogen-bond acceptors (Lipinski definition) is 1. The van der Waals surface area contributed by atoms with Crippen LogP contribution >= 0.6 is 24.4 Å². The van der Waals surface area contributed by atoms with E-state index in [1.807, 2.05) is 17.8 Å². The molecule has 0 fully saturated rings. The van der Waals surface area contributed by atoms with E-state index in [4.69, 9.17) is 12.6 Å². The Hall–Kier alpha value is -0.0800. The lowest BCUT2D eigenvalue weighted by atomic mass is 10.4. The molecule has 0 N–H and O–H groups in total. The fourth-order valence-electron chi connectivity index (χ4n) is 0.766. The topological polar surface area (TPSA) is 0 Å². The molecular formula is C9H11S2. The lowest BCUT2D eigenvalue weighted by Gasteiger charge is -1.97. The van der Waals surface area contributed by atoms with Gasteiger partial charge in [-0.1, -0.05) is 30.8 Å². The molecule has 1 aromatic carbocycles. The van der Waals surface area contributed by atoms with E-state index in [0.717, 1.165) is 17.9 Å². The quantitative estimate of drug-likeness (QED) is 0.509. The van der Waals surface area contributed by atoms with Crippen molar-refractivity contribution in [3.05, 3.63) is 30.3 Å². The minimum absolute atomic E-state index is 0.875. The Labute approximate surface area is 77.8 Å². The van der Waals surface area contributed by atoms with Gasteiger partial charge in [0.05, 0.1) is 0 Å². The molecule has 2 heteroatoms. The highest BCUT2D eigenvalue weighted by Crippen LogP contribution is 2.17. The highest BCUT2D eigenvalue weighted by atomic mass is 32.2. The molecule has 0 atom stereocenters. The van der Waals surface area contributed by atoms with Crippen LogP contribution in [0.5, 0.6) is 0 Å². The number of thioether (sulfide) groups is 1. The summed E-state index contributed by atoms with van der Waals surface area (Å²) in [5, 5.41) is 0. The van der Waals surface area contributed by atoms with Gasteiger partial charge in [-0.3, -0.25) is 0 Å². The van der Waals surface area contributed by atoms with Crippen molar-refractivity contribution in [3.63, 3.8) is 0 Å². The van der Waals surface area contributed by atoms with E-state index < -0.39 is 0 Å². The zero-order chi connectivity index (χ0) is 7.94. The van der Waals surface area contributed by atoms with Crippen LogP contribution in [0, 0.1) is 0 Å². The van der Waals surface area contributed by atoms with Crippen LogP contribution < -0.4 is 0 Å². The van der Waals surface area contributed by atoms with Crippen LogP contribution in [0.2, 0.25) is 0 Å². The summed E-state index contributed by atoms with van der Waals surface area (Å²) < 4.78 is 0. The van der Waals surface area contributed by atoms with Gasteiger partial charge in [0.2, 0.25) is 0 Å². The highest BCUT2D eigenvalue weighted by Gasteiger charge is 1.90. The standard InChI is InChI=1S/C9H11S2/c10-7-4-8-11-9-5-2-1-3-6-9/h1-3,5-6H,4,7-8H2. The molecule has 11 heavy (non-hydrogen) atoms. The second-order valence-electron chi connectivity index (χ2n) is 2.22. The van der Waals surface area contributed by atoms with Gasteiger partial charge in [0.25, 0.3) is 0 Å². The molecule has 0 nitrogen and oxygen atoms in total. The molecular weight excluding hydrogens is 172 g/mol. The van der Waals surface area contributed by atoms with Gasteiger partial charge in [-0.05, 0) is 24.3 Å². The average molecular weight is 183 g/mol. The molecule has 59 valence electrons. The predicted molar refractivity (Wildman–Crippen MR) is 54.2 cm³/mol. The van der Waals surface area contributed by atoms with Crippen LogP contribution in [0.4, 0.5) is 0 Å². The zero-order valence-electron chi connectivity index (χ0n) is 6.32. The number of hydrogen-bond donors (Lipinski definition) is 0. The fraction of sp³-hybridized carbons (Fsp3) is 0.333. The van der Waals surface area contributed by atoms with Gasteiger partial charge < -0.3 is 0 Å². The van der Waals surface area contributed by atoms with Crippen molar-refractivity contribution >= 4 is 24.4 Å². The molecule has 0 unspecified atom stereocenters. The Bertz CT molecular complexity index is 184. The summed E-state index contributed by atoms with van der Waals surface area (Å²) in [6, 6.07) is 10.4. The Morgan fingerprint density at radius 2 is 1.91 bits per heavy atom. The molecule has 1 rings (SSSR count). The smallest absolute Gasteiger partial charge is 0.00719 e. The van der Waals surface area contributed by atoms with Crippen LogP contribution in [0.3, 0.4) is 0 Å². The molecule has 0 bridgehead atoms. The van der Waals surface area contributed by atoms with Crippen LogP contribution in [-0.2, 0) is 0 Å². The molecule has 1 radical (unpaired) electrons. The van der Waals surface area contributed by atoms with Gasteiger partial charge in [-0.25, -0.2) is 0 Å². The second kappa shape index (κ2) is 5.56. The summed E-state index contributed by atoms with van der Waals surface area (Å²) in [5.41, 5.74) is 0. The molecule has 0 aliphatic carbocycles. The van der Waals surface area contributed by atoms with E-state index >= 15 is 0 Å². The van der Waals surface area contributed by atoms with Crippen LogP contribution in [0.15, 0.2) is 35.2 Å². The van der Waals surface area contributed by atoms with Gasteiger partial charge in [-0.15, -0.1) is 11.8 Å². The Morgan fingerprint density at radius 1 is 1.18 bits per heavy atom. The molecule has 1 aromatic rings. The lowest BCUT2D eigenvalue weighted by molar-refractivity contribution is 1.13. The van der Waals surface area contributed by atoms with Crippen molar-refractivity contribution in [2.75, 3.05) is 11.5 Å². The largest absolute Gasteiger partial charge is 0.126 e. The maximum atomic E-state index is 4.85. The Morgan fingerprint density at radius 3 is 2.55 bits per heavy atom. The van der Waals surface area contributed by atoms with Crippen molar-refractivity contribution in [1.29, 1.82) is 0 Å². The van der Waals surface area contributed by atoms with E-state index in [9.17, 15) is 0 Å². The number of rotatable bonds is 4. The van der Waals surface area contributed by atoms with E-state index in [1.54, 1.807) is 0 Å². The van der Waals surface area contributed by atoms with Gasteiger partial charge in [0.1, 0.15) is 0 Å². The Balaban J connectivity index is 2.28. The van der Waals surface area contributed by atoms with Crippen LogP contribution in [0.1, 0.15) is 6.42 Å². The first-order valence-corrected chi connectivity index (χ1v) is 5.26. The molecule has 0 saturated heterocycles. The van der Waals surface area contributed by atoms with E-state index in [0.29, 0.717) is 0 Å². The van der Waals surface area contributed by atoms with E-state index in [1.165, 1.54) is 4.90 Å². The van der Waals surface area contributed by atoms with Crippen molar-refractivity contribution in [3.8, 4) is 0 Å². The van der Waals surface area contributed by atoms with Crippen molar-refractivity contribution in [2.24, 2.45) is 0 Å². The summed E-state index contributed by atoms with van der Waals surface area (Å²) in [4.78, 5) is 1.34. The average Bonchev–Trinajstić information content (AvgIpc) is 2.07. The molecule has 0 aliphatic heterocycles. The summed E-state index contributed by atoms with van der Waals surface area (Å²) >= 11 is 6.73. The SMILES string of the molecule is [S]CCCSc1ccccc1. The summed E-state index contributed by atoms with van der Waals surface area (Å²) in [7, 11) is 0. The summed E-state index contributed by atoms with van der Waals surface area (Å²) in [5.74, 6) is 2.02. The third kappa shape index (κ3) is 3.73. The highest BCUT2D eigenvalue weighted by molar-refractivity contribution is 7.99. The third-order valence-corrected chi connectivity index (χ3v) is 2.69. The maximum Gasteiger partial charge on any atom is 0.00719 e. The monoisotopic (exact) mass is 183 g/mol. The summed E-state index contributed by atoms with van der Waals surface area (Å²) in [6.45, 7) is 0. The fourth-order valence-corrected chi connectivity index (χ4v) is 1.97. The first-order valence-electron chi connectivity index (χ1n) is 3.69. The minimum atomic E-state index is 0.875. The summed E-state index contributed by atoms with van der Waals surface area (Å²) in [6.07, 6.45) is 1.13. The van der Waals surface area contributed by atoms with E-state index in [-0.39, 0.29) is 0 Å². The molecule has 0 heterocycles. The minimum Gasteiger partial charge on any atom is -0.126 e.